The molecule has 2 amide bonds. The van der Waals surface area contributed by atoms with Gasteiger partial charge >= 0.3 is 0 Å². The van der Waals surface area contributed by atoms with Crippen LogP contribution in [0.3, 0.4) is 0 Å². The average Bonchev–Trinajstić information content (AvgIpc) is 3.26. The van der Waals surface area contributed by atoms with E-state index in [-0.39, 0.29) is 24.3 Å². The molecule has 1 saturated carbocycles. The number of hydrogen-bond donors (Lipinski definition) is 2. The number of carbonyl (C=O) groups excluding carboxylic acids is 2. The van der Waals surface area contributed by atoms with E-state index in [4.69, 9.17) is 4.74 Å². The number of benzene rings is 1. The molecule has 0 saturated heterocycles. The molecule has 2 N–H and O–H groups in total. The van der Waals surface area contributed by atoms with Gasteiger partial charge in [-0.05, 0) is 42.9 Å². The van der Waals surface area contributed by atoms with Gasteiger partial charge in [0.1, 0.15) is 5.75 Å². The number of hydrazine groups is 1. The van der Waals surface area contributed by atoms with E-state index in [0.717, 1.165) is 24.0 Å². The second kappa shape index (κ2) is 6.61. The maximum absolute atomic E-state index is 11.7. The average molecular weight is 290 g/mol. The highest BCUT2D eigenvalue weighted by atomic mass is 16.5. The summed E-state index contributed by atoms with van der Waals surface area (Å²) in [4.78, 5) is 23.1. The molecule has 0 aromatic heterocycles. The molecule has 1 aromatic carbocycles. The Balaban J connectivity index is 1.85. The van der Waals surface area contributed by atoms with Gasteiger partial charge < -0.3 is 4.74 Å². The third-order valence-electron chi connectivity index (χ3n) is 3.42. The van der Waals surface area contributed by atoms with Crippen molar-refractivity contribution in [3.8, 4) is 5.75 Å². The number of amides is 2. The van der Waals surface area contributed by atoms with E-state index in [9.17, 15) is 9.59 Å². The van der Waals surface area contributed by atoms with Crippen LogP contribution in [-0.4, -0.2) is 18.4 Å². The SMILES string of the molecule is Cc1ccc(C(C)C)c(OCC(=O)NNC(=O)C2CC2)c1. The number of aryl methyl sites for hydroxylation is 1. The third-order valence-corrected chi connectivity index (χ3v) is 3.42. The Kier molecular flexibility index (Phi) is 4.83. The summed E-state index contributed by atoms with van der Waals surface area (Å²) < 4.78 is 5.59. The molecule has 5 nitrogen and oxygen atoms in total. The van der Waals surface area contributed by atoms with Gasteiger partial charge in [-0.15, -0.1) is 0 Å². The van der Waals surface area contributed by atoms with Crippen molar-refractivity contribution in [2.75, 3.05) is 6.61 Å². The van der Waals surface area contributed by atoms with Gasteiger partial charge in [0.25, 0.3) is 5.91 Å². The zero-order chi connectivity index (χ0) is 15.4. The van der Waals surface area contributed by atoms with Crippen molar-refractivity contribution in [1.82, 2.24) is 10.9 Å². The molecule has 0 unspecified atom stereocenters. The van der Waals surface area contributed by atoms with Crippen molar-refractivity contribution in [2.45, 2.75) is 39.5 Å². The summed E-state index contributed by atoms with van der Waals surface area (Å²) in [6.07, 6.45) is 1.80. The first kappa shape index (κ1) is 15.4. The van der Waals surface area contributed by atoms with Gasteiger partial charge in [0.05, 0.1) is 0 Å². The minimum absolute atomic E-state index is 0.0653. The predicted molar refractivity (Wildman–Crippen MR) is 79.8 cm³/mol. The number of carbonyl (C=O) groups is 2. The zero-order valence-corrected chi connectivity index (χ0v) is 12.7. The van der Waals surface area contributed by atoms with Gasteiger partial charge in [-0.3, -0.25) is 20.4 Å². The van der Waals surface area contributed by atoms with E-state index in [0.29, 0.717) is 11.7 Å². The van der Waals surface area contributed by atoms with E-state index in [1.54, 1.807) is 0 Å². The maximum atomic E-state index is 11.7. The standard InChI is InChI=1S/C16H22N2O3/c1-10(2)13-7-4-11(3)8-14(13)21-9-15(19)17-18-16(20)12-5-6-12/h4,7-8,10,12H,5-6,9H2,1-3H3,(H,17,19)(H,18,20). The van der Waals surface area contributed by atoms with E-state index >= 15 is 0 Å². The van der Waals surface area contributed by atoms with Crippen LogP contribution in [0.25, 0.3) is 0 Å². The van der Waals surface area contributed by atoms with Crippen molar-refractivity contribution in [3.63, 3.8) is 0 Å². The summed E-state index contributed by atoms with van der Waals surface area (Å²) in [5.74, 6) is 0.615. The molecule has 0 heterocycles. The van der Waals surface area contributed by atoms with Crippen LogP contribution in [0.1, 0.15) is 43.7 Å². The van der Waals surface area contributed by atoms with E-state index in [2.05, 4.69) is 24.7 Å². The van der Waals surface area contributed by atoms with Crippen molar-refractivity contribution < 1.29 is 14.3 Å². The fourth-order valence-corrected chi connectivity index (χ4v) is 2.00. The lowest BCUT2D eigenvalue weighted by atomic mass is 10.0. The Morgan fingerprint density at radius 3 is 2.62 bits per heavy atom. The lowest BCUT2D eigenvalue weighted by Crippen LogP contribution is -2.44. The van der Waals surface area contributed by atoms with Crippen LogP contribution in [0, 0.1) is 12.8 Å². The highest BCUT2D eigenvalue weighted by Gasteiger charge is 2.29. The molecule has 1 aromatic rings. The molecule has 0 aliphatic heterocycles. The highest BCUT2D eigenvalue weighted by molar-refractivity contribution is 5.85. The highest BCUT2D eigenvalue weighted by Crippen LogP contribution is 2.28. The summed E-state index contributed by atoms with van der Waals surface area (Å²) in [6, 6.07) is 5.96. The molecule has 114 valence electrons. The quantitative estimate of drug-likeness (QED) is 0.816. The second-order valence-electron chi connectivity index (χ2n) is 5.80. The summed E-state index contributed by atoms with van der Waals surface area (Å²) in [7, 11) is 0. The molecular formula is C16H22N2O3. The molecule has 1 fully saturated rings. The molecule has 0 atom stereocenters. The number of rotatable bonds is 5. The van der Waals surface area contributed by atoms with Gasteiger partial charge in [-0.2, -0.15) is 0 Å². The minimum Gasteiger partial charge on any atom is -0.483 e. The Morgan fingerprint density at radius 2 is 2.00 bits per heavy atom. The van der Waals surface area contributed by atoms with Crippen molar-refractivity contribution in [3.05, 3.63) is 29.3 Å². The number of hydrogen-bond acceptors (Lipinski definition) is 3. The van der Waals surface area contributed by atoms with Crippen LogP contribution < -0.4 is 15.6 Å². The zero-order valence-electron chi connectivity index (χ0n) is 12.7. The molecule has 0 radical (unpaired) electrons. The number of ether oxygens (including phenoxy) is 1. The molecular weight excluding hydrogens is 268 g/mol. The van der Waals surface area contributed by atoms with Crippen LogP contribution in [0.4, 0.5) is 0 Å². The third kappa shape index (κ3) is 4.48. The smallest absolute Gasteiger partial charge is 0.276 e. The molecule has 1 aliphatic carbocycles. The minimum atomic E-state index is -0.361. The predicted octanol–water partition coefficient (Wildman–Crippen LogP) is 2.05. The molecule has 0 bridgehead atoms. The van der Waals surface area contributed by atoms with E-state index in [1.165, 1.54) is 0 Å². The lowest BCUT2D eigenvalue weighted by Gasteiger charge is -2.15. The van der Waals surface area contributed by atoms with Crippen LogP contribution in [0.2, 0.25) is 0 Å². The lowest BCUT2D eigenvalue weighted by molar-refractivity contribution is -0.130. The monoisotopic (exact) mass is 290 g/mol. The largest absolute Gasteiger partial charge is 0.483 e. The number of nitrogens with one attached hydrogen (secondary N) is 2. The van der Waals surface area contributed by atoms with Crippen LogP contribution in [0.15, 0.2) is 18.2 Å². The Labute approximate surface area is 125 Å². The van der Waals surface area contributed by atoms with Crippen molar-refractivity contribution >= 4 is 11.8 Å². The molecule has 2 rings (SSSR count). The summed E-state index contributed by atoms with van der Waals surface area (Å²) in [5, 5.41) is 0. The maximum Gasteiger partial charge on any atom is 0.276 e. The van der Waals surface area contributed by atoms with Gasteiger partial charge in [-0.25, -0.2) is 0 Å². The fourth-order valence-electron chi connectivity index (χ4n) is 2.00. The summed E-state index contributed by atoms with van der Waals surface area (Å²) in [6.45, 7) is 6.02. The van der Waals surface area contributed by atoms with Crippen LogP contribution in [-0.2, 0) is 9.59 Å². The van der Waals surface area contributed by atoms with Crippen LogP contribution >= 0.6 is 0 Å². The van der Waals surface area contributed by atoms with Gasteiger partial charge in [-0.1, -0.05) is 26.0 Å². The molecule has 21 heavy (non-hydrogen) atoms. The Morgan fingerprint density at radius 1 is 1.29 bits per heavy atom. The first-order chi connectivity index (χ1) is 9.97. The summed E-state index contributed by atoms with van der Waals surface area (Å²) in [5.41, 5.74) is 6.93. The Bertz CT molecular complexity index is 536. The second-order valence-corrected chi connectivity index (χ2v) is 5.80. The van der Waals surface area contributed by atoms with Crippen molar-refractivity contribution in [1.29, 1.82) is 0 Å². The van der Waals surface area contributed by atoms with Crippen LogP contribution in [0.5, 0.6) is 5.75 Å². The summed E-state index contributed by atoms with van der Waals surface area (Å²) >= 11 is 0. The van der Waals surface area contributed by atoms with Gasteiger partial charge in [0.15, 0.2) is 6.61 Å². The van der Waals surface area contributed by atoms with E-state index < -0.39 is 0 Å². The Hall–Kier alpha value is -2.04. The van der Waals surface area contributed by atoms with E-state index in [1.807, 2.05) is 25.1 Å². The molecule has 5 heteroatoms. The first-order valence-corrected chi connectivity index (χ1v) is 7.29. The van der Waals surface area contributed by atoms with Gasteiger partial charge in [0, 0.05) is 5.92 Å². The normalized spacial score (nSPS) is 13.9. The molecule has 1 aliphatic rings. The fraction of sp³-hybridized carbons (Fsp3) is 0.500. The topological polar surface area (TPSA) is 67.4 Å². The first-order valence-electron chi connectivity index (χ1n) is 7.29. The molecule has 0 spiro atoms. The van der Waals surface area contributed by atoms with Crippen molar-refractivity contribution in [2.24, 2.45) is 5.92 Å². The van der Waals surface area contributed by atoms with Gasteiger partial charge in [0.2, 0.25) is 5.91 Å².